The lowest BCUT2D eigenvalue weighted by Gasteiger charge is -2.04. The van der Waals surface area contributed by atoms with Gasteiger partial charge in [-0.05, 0) is 18.6 Å². The van der Waals surface area contributed by atoms with Crippen LogP contribution < -0.4 is 4.74 Å². The molecule has 0 aliphatic carbocycles. The van der Waals surface area contributed by atoms with Crippen LogP contribution in [0.3, 0.4) is 0 Å². The third kappa shape index (κ3) is 10.1. The summed E-state index contributed by atoms with van der Waals surface area (Å²) in [5.41, 5.74) is 0. The highest BCUT2D eigenvalue weighted by Crippen LogP contribution is 2.27. The number of hydrogen-bond donors (Lipinski definition) is 0. The molecular formula is C19H24Cl2O4. The monoisotopic (exact) mass is 386 g/mol. The minimum absolute atomic E-state index is 0.139. The van der Waals surface area contributed by atoms with E-state index in [1.165, 1.54) is 37.8 Å². The van der Waals surface area contributed by atoms with Gasteiger partial charge in [0.1, 0.15) is 0 Å². The predicted molar refractivity (Wildman–Crippen MR) is 100 cm³/mol. The van der Waals surface area contributed by atoms with Crippen LogP contribution in [0.1, 0.15) is 51.9 Å². The number of benzene rings is 1. The van der Waals surface area contributed by atoms with E-state index in [2.05, 4.69) is 6.92 Å². The fourth-order valence-corrected chi connectivity index (χ4v) is 2.43. The second-order valence-electron chi connectivity index (χ2n) is 5.62. The summed E-state index contributed by atoms with van der Waals surface area (Å²) in [5.74, 6) is -1.16. The molecule has 4 nitrogen and oxygen atoms in total. The van der Waals surface area contributed by atoms with Crippen molar-refractivity contribution in [2.45, 2.75) is 51.9 Å². The van der Waals surface area contributed by atoms with Crippen molar-refractivity contribution in [3.8, 4) is 5.75 Å². The average molecular weight is 387 g/mol. The Hall–Kier alpha value is -1.52. The minimum Gasteiger partial charge on any atom is -0.463 e. The summed E-state index contributed by atoms with van der Waals surface area (Å²) in [4.78, 5) is 23.2. The van der Waals surface area contributed by atoms with Gasteiger partial charge in [0.05, 0.1) is 11.6 Å². The van der Waals surface area contributed by atoms with Gasteiger partial charge in [-0.1, -0.05) is 68.7 Å². The molecule has 0 bridgehead atoms. The molecule has 1 aromatic carbocycles. The first-order valence-electron chi connectivity index (χ1n) is 8.54. The van der Waals surface area contributed by atoms with E-state index >= 15 is 0 Å². The Morgan fingerprint density at radius 3 is 2.32 bits per heavy atom. The Kier molecular flexibility index (Phi) is 11.0. The zero-order valence-electron chi connectivity index (χ0n) is 14.4. The second kappa shape index (κ2) is 12.8. The van der Waals surface area contributed by atoms with Crippen LogP contribution in [-0.4, -0.2) is 18.5 Å². The Labute approximate surface area is 159 Å². The molecule has 1 rings (SSSR count). The zero-order chi connectivity index (χ0) is 18.5. The van der Waals surface area contributed by atoms with Crippen LogP contribution in [0, 0.1) is 0 Å². The maximum Gasteiger partial charge on any atom is 0.336 e. The number of hydrogen-bond acceptors (Lipinski definition) is 4. The van der Waals surface area contributed by atoms with Gasteiger partial charge >= 0.3 is 11.9 Å². The van der Waals surface area contributed by atoms with Crippen molar-refractivity contribution in [1.29, 1.82) is 0 Å². The third-order valence-electron chi connectivity index (χ3n) is 3.45. The molecule has 0 heterocycles. The maximum absolute atomic E-state index is 11.7. The highest BCUT2D eigenvalue weighted by molar-refractivity contribution is 6.34. The van der Waals surface area contributed by atoms with Crippen molar-refractivity contribution in [3.05, 3.63) is 40.4 Å². The molecule has 0 saturated carbocycles. The van der Waals surface area contributed by atoms with Gasteiger partial charge in [0.2, 0.25) is 0 Å². The lowest BCUT2D eigenvalue weighted by molar-refractivity contribution is -0.138. The smallest absolute Gasteiger partial charge is 0.336 e. The summed E-state index contributed by atoms with van der Waals surface area (Å²) in [6.45, 7) is 2.54. The van der Waals surface area contributed by atoms with Crippen LogP contribution in [0.5, 0.6) is 5.75 Å². The van der Waals surface area contributed by atoms with E-state index in [9.17, 15) is 9.59 Å². The van der Waals surface area contributed by atoms with E-state index in [4.69, 9.17) is 32.7 Å². The van der Waals surface area contributed by atoms with Gasteiger partial charge in [0, 0.05) is 23.2 Å². The average Bonchev–Trinajstić information content (AvgIpc) is 2.58. The SMILES string of the molecule is CCCCCCCCCOC(=O)/C=C/C(=O)Oc1cc(Cl)ccc1Cl. The fourth-order valence-electron chi connectivity index (χ4n) is 2.11. The van der Waals surface area contributed by atoms with Crippen molar-refractivity contribution < 1.29 is 19.1 Å². The highest BCUT2D eigenvalue weighted by atomic mass is 35.5. The summed E-state index contributed by atoms with van der Waals surface area (Å²) in [6.07, 6.45) is 10.1. The molecule has 0 saturated heterocycles. The van der Waals surface area contributed by atoms with E-state index in [1.54, 1.807) is 6.07 Å². The number of esters is 2. The summed E-state index contributed by atoms with van der Waals surface area (Å²) in [7, 11) is 0. The van der Waals surface area contributed by atoms with Gasteiger partial charge in [-0.3, -0.25) is 0 Å². The van der Waals surface area contributed by atoms with E-state index in [-0.39, 0.29) is 10.8 Å². The van der Waals surface area contributed by atoms with Crippen LogP contribution in [-0.2, 0) is 14.3 Å². The van der Waals surface area contributed by atoms with Gasteiger partial charge in [-0.25, -0.2) is 9.59 Å². The van der Waals surface area contributed by atoms with Crippen molar-refractivity contribution in [2.24, 2.45) is 0 Å². The number of unbranched alkanes of at least 4 members (excludes halogenated alkanes) is 6. The normalized spacial score (nSPS) is 10.8. The quantitative estimate of drug-likeness (QED) is 0.210. The molecule has 0 atom stereocenters. The Bertz CT molecular complexity index is 585. The molecule has 0 radical (unpaired) electrons. The van der Waals surface area contributed by atoms with Crippen molar-refractivity contribution in [1.82, 2.24) is 0 Å². The Morgan fingerprint density at radius 2 is 1.60 bits per heavy atom. The van der Waals surface area contributed by atoms with Crippen LogP contribution in [0.25, 0.3) is 0 Å². The van der Waals surface area contributed by atoms with Crippen LogP contribution in [0.4, 0.5) is 0 Å². The van der Waals surface area contributed by atoms with Gasteiger partial charge in [-0.15, -0.1) is 0 Å². The standard InChI is InChI=1S/C19H24Cl2O4/c1-2-3-4-5-6-7-8-13-24-18(22)11-12-19(23)25-17-14-15(20)9-10-16(17)21/h9-12,14H,2-8,13H2,1H3/b12-11+. The van der Waals surface area contributed by atoms with Gasteiger partial charge in [0.25, 0.3) is 0 Å². The number of rotatable bonds is 11. The molecule has 6 heteroatoms. The summed E-state index contributed by atoms with van der Waals surface area (Å²) < 4.78 is 10.0. The minimum atomic E-state index is -0.725. The summed E-state index contributed by atoms with van der Waals surface area (Å²) >= 11 is 11.7. The molecule has 0 aliphatic heterocycles. The molecule has 0 unspecified atom stereocenters. The molecular weight excluding hydrogens is 363 g/mol. The number of carbonyl (C=O) groups is 2. The predicted octanol–water partition coefficient (Wildman–Crippen LogP) is 5.75. The lowest BCUT2D eigenvalue weighted by Crippen LogP contribution is -2.07. The zero-order valence-corrected chi connectivity index (χ0v) is 15.9. The third-order valence-corrected chi connectivity index (χ3v) is 4.00. The molecule has 0 N–H and O–H groups in total. The van der Waals surface area contributed by atoms with Crippen molar-refractivity contribution in [3.63, 3.8) is 0 Å². The summed E-state index contributed by atoms with van der Waals surface area (Å²) in [5, 5.41) is 0.651. The van der Waals surface area contributed by atoms with Gasteiger partial charge in [-0.2, -0.15) is 0 Å². The number of ether oxygens (including phenoxy) is 2. The topological polar surface area (TPSA) is 52.6 Å². The van der Waals surface area contributed by atoms with Crippen LogP contribution in [0.15, 0.2) is 30.4 Å². The molecule has 25 heavy (non-hydrogen) atoms. The molecule has 138 valence electrons. The first kappa shape index (κ1) is 21.5. The van der Waals surface area contributed by atoms with E-state index in [0.29, 0.717) is 11.6 Å². The Morgan fingerprint density at radius 1 is 0.960 bits per heavy atom. The molecule has 0 aliphatic rings. The van der Waals surface area contributed by atoms with Crippen LogP contribution in [0.2, 0.25) is 10.0 Å². The first-order chi connectivity index (χ1) is 12.0. The van der Waals surface area contributed by atoms with E-state index < -0.39 is 11.9 Å². The summed E-state index contributed by atoms with van der Waals surface area (Å²) in [6, 6.07) is 4.53. The number of carbonyl (C=O) groups excluding carboxylic acids is 2. The molecule has 0 amide bonds. The number of halogens is 2. The van der Waals surface area contributed by atoms with E-state index in [0.717, 1.165) is 31.4 Å². The molecule has 0 aromatic heterocycles. The van der Waals surface area contributed by atoms with Gasteiger partial charge < -0.3 is 9.47 Å². The second-order valence-corrected chi connectivity index (χ2v) is 6.46. The molecule has 1 aromatic rings. The van der Waals surface area contributed by atoms with E-state index in [1.807, 2.05) is 0 Å². The van der Waals surface area contributed by atoms with Crippen molar-refractivity contribution >= 4 is 35.1 Å². The lowest BCUT2D eigenvalue weighted by atomic mass is 10.1. The maximum atomic E-state index is 11.7. The fraction of sp³-hybridized carbons (Fsp3) is 0.474. The molecule has 0 fully saturated rings. The van der Waals surface area contributed by atoms with Crippen molar-refractivity contribution in [2.75, 3.05) is 6.61 Å². The largest absolute Gasteiger partial charge is 0.463 e. The Balaban J connectivity index is 2.20. The highest BCUT2D eigenvalue weighted by Gasteiger charge is 2.07. The van der Waals surface area contributed by atoms with Crippen LogP contribution >= 0.6 is 23.2 Å². The first-order valence-corrected chi connectivity index (χ1v) is 9.30. The van der Waals surface area contributed by atoms with Gasteiger partial charge in [0.15, 0.2) is 5.75 Å². The molecule has 0 spiro atoms.